The summed E-state index contributed by atoms with van der Waals surface area (Å²) in [6.07, 6.45) is 2.51. The zero-order chi connectivity index (χ0) is 11.4. The predicted molar refractivity (Wildman–Crippen MR) is 62.1 cm³/mol. The number of methoxy groups -OCH3 is 1. The molecule has 1 saturated heterocycles. The number of hydrogen-bond acceptors (Lipinski definition) is 2. The van der Waals surface area contributed by atoms with Gasteiger partial charge in [-0.05, 0) is 24.3 Å². The molecule has 4 heteroatoms. The van der Waals surface area contributed by atoms with E-state index in [0.29, 0.717) is 6.54 Å². The molecule has 1 aliphatic heterocycles. The van der Waals surface area contributed by atoms with Crippen molar-refractivity contribution in [3.05, 3.63) is 29.8 Å². The topological polar surface area (TPSA) is 30.7 Å². The monoisotopic (exact) mass is 255 g/mol. The third-order valence-electron chi connectivity index (χ3n) is 3.13. The number of Topliss-reactive ketones (excluding diaryl/α,β-unsaturated/α-hetero) is 1. The second-order valence-electron chi connectivity index (χ2n) is 4.29. The Morgan fingerprint density at radius 3 is 2.35 bits per heavy atom. The lowest BCUT2D eigenvalue weighted by Crippen LogP contribution is -3.10. The van der Waals surface area contributed by atoms with Crippen LogP contribution >= 0.6 is 0 Å². The standard InChI is InChI=1S/C13H17NO2.ClH/c1-16-12-6-4-11(5-7-12)13(15)10-14-8-2-3-9-14;/h4-7H,2-3,8-10H2,1H3;1H. The molecule has 1 aromatic rings. The maximum absolute atomic E-state index is 11.9. The van der Waals surface area contributed by atoms with Crippen LogP contribution in [0.3, 0.4) is 0 Å². The minimum absolute atomic E-state index is 0. The number of halogens is 1. The number of benzene rings is 1. The van der Waals surface area contributed by atoms with E-state index in [-0.39, 0.29) is 18.2 Å². The molecular formula is C13H18ClNO2. The first-order chi connectivity index (χ1) is 7.79. The number of carbonyl (C=O) groups excluding carboxylic acids is 1. The zero-order valence-corrected chi connectivity index (χ0v) is 10.8. The molecule has 0 atom stereocenters. The van der Waals surface area contributed by atoms with Crippen LogP contribution in [0.1, 0.15) is 23.2 Å². The summed E-state index contributed by atoms with van der Waals surface area (Å²) in [6.45, 7) is 2.91. The van der Waals surface area contributed by atoms with Crippen molar-refractivity contribution in [2.75, 3.05) is 26.7 Å². The van der Waals surface area contributed by atoms with Gasteiger partial charge in [0.1, 0.15) is 12.3 Å². The minimum Gasteiger partial charge on any atom is -1.00 e. The molecule has 3 nitrogen and oxygen atoms in total. The Morgan fingerprint density at radius 2 is 1.82 bits per heavy atom. The molecule has 0 saturated carbocycles. The number of ether oxygens (including phenoxy) is 1. The van der Waals surface area contributed by atoms with Crippen LogP contribution in [-0.4, -0.2) is 32.5 Å². The van der Waals surface area contributed by atoms with Crippen LogP contribution in [0, 0.1) is 0 Å². The summed E-state index contributed by atoms with van der Waals surface area (Å²) in [7, 11) is 1.63. The number of hydrogen-bond donors (Lipinski definition) is 1. The quantitative estimate of drug-likeness (QED) is 0.607. The fourth-order valence-corrected chi connectivity index (χ4v) is 2.16. The van der Waals surface area contributed by atoms with E-state index in [0.717, 1.165) is 24.4 Å². The molecule has 17 heavy (non-hydrogen) atoms. The maximum atomic E-state index is 11.9. The number of likely N-dealkylation sites (tertiary alicyclic amines) is 1. The Hall–Kier alpha value is -1.06. The van der Waals surface area contributed by atoms with Crippen LogP contribution in [0.25, 0.3) is 0 Å². The lowest BCUT2D eigenvalue weighted by Gasteiger charge is -2.10. The second kappa shape index (κ2) is 6.62. The van der Waals surface area contributed by atoms with Crippen LogP contribution in [0.4, 0.5) is 0 Å². The molecule has 1 heterocycles. The van der Waals surface area contributed by atoms with Crippen molar-refractivity contribution in [3.63, 3.8) is 0 Å². The average molecular weight is 256 g/mol. The highest BCUT2D eigenvalue weighted by atomic mass is 35.5. The molecule has 1 aromatic carbocycles. The van der Waals surface area contributed by atoms with Gasteiger partial charge in [0.25, 0.3) is 0 Å². The summed E-state index contributed by atoms with van der Waals surface area (Å²) < 4.78 is 5.07. The van der Waals surface area contributed by atoms with Crippen molar-refractivity contribution in [2.45, 2.75) is 12.8 Å². The van der Waals surface area contributed by atoms with Gasteiger partial charge in [0, 0.05) is 18.4 Å². The van der Waals surface area contributed by atoms with Crippen LogP contribution in [0.2, 0.25) is 0 Å². The van der Waals surface area contributed by atoms with Crippen LogP contribution in [0.15, 0.2) is 24.3 Å². The smallest absolute Gasteiger partial charge is 0.216 e. The van der Waals surface area contributed by atoms with Gasteiger partial charge < -0.3 is 22.0 Å². The Morgan fingerprint density at radius 1 is 1.24 bits per heavy atom. The van der Waals surface area contributed by atoms with Crippen molar-refractivity contribution in [1.29, 1.82) is 0 Å². The molecule has 1 fully saturated rings. The molecule has 0 aromatic heterocycles. The molecular weight excluding hydrogens is 238 g/mol. The van der Waals surface area contributed by atoms with Gasteiger partial charge in [-0.2, -0.15) is 0 Å². The summed E-state index contributed by atoms with van der Waals surface area (Å²) in [5.74, 6) is 1.03. The average Bonchev–Trinajstić information content (AvgIpc) is 2.82. The molecule has 0 aliphatic carbocycles. The summed E-state index contributed by atoms with van der Waals surface area (Å²) >= 11 is 0. The molecule has 1 aliphatic rings. The summed E-state index contributed by atoms with van der Waals surface area (Å²) in [5.41, 5.74) is 0.792. The van der Waals surface area contributed by atoms with Gasteiger partial charge in [-0.1, -0.05) is 0 Å². The van der Waals surface area contributed by atoms with E-state index >= 15 is 0 Å². The van der Waals surface area contributed by atoms with Crippen molar-refractivity contribution < 1.29 is 26.8 Å². The largest absolute Gasteiger partial charge is 1.00 e. The SMILES string of the molecule is COc1ccc(C(=O)C[NH+]2CCCC2)cc1.[Cl-]. The fraction of sp³-hybridized carbons (Fsp3) is 0.462. The molecule has 2 rings (SSSR count). The highest BCUT2D eigenvalue weighted by Gasteiger charge is 2.19. The summed E-state index contributed by atoms with van der Waals surface area (Å²) in [5, 5.41) is 0. The van der Waals surface area contributed by atoms with E-state index in [1.54, 1.807) is 7.11 Å². The molecule has 0 amide bonds. The summed E-state index contributed by atoms with van der Waals surface area (Å²) in [4.78, 5) is 13.4. The lowest BCUT2D eigenvalue weighted by atomic mass is 10.1. The maximum Gasteiger partial charge on any atom is 0.216 e. The van der Waals surface area contributed by atoms with Gasteiger partial charge in [-0.3, -0.25) is 4.79 Å². The van der Waals surface area contributed by atoms with E-state index in [1.165, 1.54) is 17.7 Å². The second-order valence-corrected chi connectivity index (χ2v) is 4.29. The van der Waals surface area contributed by atoms with E-state index in [2.05, 4.69) is 0 Å². The first kappa shape index (κ1) is 14.0. The number of ketones is 1. The molecule has 1 N–H and O–H groups in total. The summed E-state index contributed by atoms with van der Waals surface area (Å²) in [6, 6.07) is 7.37. The van der Waals surface area contributed by atoms with Gasteiger partial charge in [0.2, 0.25) is 5.78 Å². The van der Waals surface area contributed by atoms with Crippen molar-refractivity contribution in [2.24, 2.45) is 0 Å². The Bertz CT molecular complexity index is 358. The van der Waals surface area contributed by atoms with E-state index in [1.807, 2.05) is 24.3 Å². The van der Waals surface area contributed by atoms with Gasteiger partial charge in [0.15, 0.2) is 0 Å². The van der Waals surface area contributed by atoms with Crippen molar-refractivity contribution in [3.8, 4) is 5.75 Å². The minimum atomic E-state index is 0. The number of nitrogens with one attached hydrogen (secondary N) is 1. The molecule has 0 bridgehead atoms. The van der Waals surface area contributed by atoms with Crippen molar-refractivity contribution >= 4 is 5.78 Å². The number of rotatable bonds is 4. The van der Waals surface area contributed by atoms with Crippen LogP contribution < -0.4 is 22.0 Å². The third-order valence-corrected chi connectivity index (χ3v) is 3.13. The Balaban J connectivity index is 0.00000144. The Kier molecular flexibility index (Phi) is 5.45. The fourth-order valence-electron chi connectivity index (χ4n) is 2.16. The van der Waals surface area contributed by atoms with Gasteiger partial charge in [0.05, 0.1) is 20.2 Å². The molecule has 0 unspecified atom stereocenters. The highest BCUT2D eigenvalue weighted by Crippen LogP contribution is 2.11. The predicted octanol–water partition coefficient (Wildman–Crippen LogP) is -2.44. The molecule has 94 valence electrons. The van der Waals surface area contributed by atoms with E-state index < -0.39 is 0 Å². The van der Waals surface area contributed by atoms with E-state index in [9.17, 15) is 4.79 Å². The molecule has 0 radical (unpaired) electrons. The number of carbonyl (C=O) groups is 1. The Labute approximate surface area is 108 Å². The molecule has 0 spiro atoms. The van der Waals surface area contributed by atoms with Crippen molar-refractivity contribution in [1.82, 2.24) is 0 Å². The third kappa shape index (κ3) is 3.72. The first-order valence-electron chi connectivity index (χ1n) is 5.80. The van der Waals surface area contributed by atoms with Crippen LogP contribution in [-0.2, 0) is 0 Å². The first-order valence-corrected chi connectivity index (χ1v) is 5.80. The highest BCUT2D eigenvalue weighted by molar-refractivity contribution is 5.96. The van der Waals surface area contributed by atoms with Crippen LogP contribution in [0.5, 0.6) is 5.75 Å². The lowest BCUT2D eigenvalue weighted by molar-refractivity contribution is -0.878. The van der Waals surface area contributed by atoms with Gasteiger partial charge in [-0.25, -0.2) is 0 Å². The number of quaternary nitrogens is 1. The normalized spacial score (nSPS) is 15.4. The zero-order valence-electron chi connectivity index (χ0n) is 10.0. The van der Waals surface area contributed by atoms with E-state index in [4.69, 9.17) is 4.74 Å². The van der Waals surface area contributed by atoms with Gasteiger partial charge in [-0.15, -0.1) is 0 Å². The van der Waals surface area contributed by atoms with Gasteiger partial charge >= 0.3 is 0 Å².